The first kappa shape index (κ1) is 13.2. The number of halogens is 2. The lowest BCUT2D eigenvalue weighted by Gasteiger charge is -2.06. The van der Waals surface area contributed by atoms with Crippen molar-refractivity contribution in [2.75, 3.05) is 5.32 Å². The fourth-order valence-corrected chi connectivity index (χ4v) is 1.63. The Morgan fingerprint density at radius 1 is 1.21 bits per heavy atom. The summed E-state index contributed by atoms with van der Waals surface area (Å²) in [5.41, 5.74) is 0.590. The number of nitrogens with zero attached hydrogens (tertiary/aromatic N) is 4. The van der Waals surface area contributed by atoms with E-state index in [1.54, 1.807) is 0 Å². The second kappa shape index (κ2) is 5.61. The number of hydrogen-bond acceptors (Lipinski definition) is 5. The van der Waals surface area contributed by atoms with Gasteiger partial charge >= 0.3 is 0 Å². The van der Waals surface area contributed by atoms with Crippen LogP contribution in [0.4, 0.5) is 5.69 Å². The average molecular weight is 294 g/mol. The molecular formula is C11H5Cl2N5O. The van der Waals surface area contributed by atoms with Crippen LogP contribution in [-0.2, 0) is 0 Å². The summed E-state index contributed by atoms with van der Waals surface area (Å²) in [7, 11) is 0. The summed E-state index contributed by atoms with van der Waals surface area (Å²) in [4.78, 5) is 23.1. The van der Waals surface area contributed by atoms with Crippen molar-refractivity contribution < 1.29 is 4.79 Å². The summed E-state index contributed by atoms with van der Waals surface area (Å²) in [6, 6.07) is 4.80. The van der Waals surface area contributed by atoms with Crippen molar-refractivity contribution in [3.05, 3.63) is 46.2 Å². The molecular weight excluding hydrogens is 289 g/mol. The highest BCUT2D eigenvalue weighted by atomic mass is 35.5. The molecule has 0 spiro atoms. The number of anilines is 1. The van der Waals surface area contributed by atoms with E-state index in [0.717, 1.165) is 0 Å². The van der Waals surface area contributed by atoms with Gasteiger partial charge < -0.3 is 5.32 Å². The number of amides is 1. The lowest BCUT2D eigenvalue weighted by molar-refractivity contribution is 0.102. The van der Waals surface area contributed by atoms with Crippen LogP contribution in [0.3, 0.4) is 0 Å². The van der Waals surface area contributed by atoms with Gasteiger partial charge in [-0.2, -0.15) is 5.26 Å². The van der Waals surface area contributed by atoms with Gasteiger partial charge in [0, 0.05) is 6.20 Å². The molecule has 0 saturated heterocycles. The Balaban J connectivity index is 2.23. The van der Waals surface area contributed by atoms with Crippen LogP contribution in [0.15, 0.2) is 24.7 Å². The normalized spacial score (nSPS) is 9.74. The minimum Gasteiger partial charge on any atom is -0.315 e. The van der Waals surface area contributed by atoms with E-state index >= 15 is 0 Å². The van der Waals surface area contributed by atoms with Crippen LogP contribution in [0.25, 0.3) is 0 Å². The number of hydrogen-bond donors (Lipinski definition) is 1. The predicted molar refractivity (Wildman–Crippen MR) is 69.0 cm³/mol. The maximum atomic E-state index is 11.9. The van der Waals surface area contributed by atoms with E-state index in [2.05, 4.69) is 20.3 Å². The maximum Gasteiger partial charge on any atom is 0.274 e. The van der Waals surface area contributed by atoms with E-state index in [4.69, 9.17) is 28.5 Å². The van der Waals surface area contributed by atoms with Gasteiger partial charge in [0.1, 0.15) is 23.8 Å². The van der Waals surface area contributed by atoms with Gasteiger partial charge in [-0.1, -0.05) is 23.2 Å². The summed E-state index contributed by atoms with van der Waals surface area (Å²) >= 11 is 11.6. The summed E-state index contributed by atoms with van der Waals surface area (Å²) in [5.74, 6) is -0.525. The van der Waals surface area contributed by atoms with Crippen molar-refractivity contribution in [1.29, 1.82) is 5.26 Å². The minimum absolute atomic E-state index is 0.0296. The van der Waals surface area contributed by atoms with Gasteiger partial charge in [-0.05, 0) is 12.1 Å². The molecule has 94 valence electrons. The average Bonchev–Trinajstić information content (AvgIpc) is 2.43. The van der Waals surface area contributed by atoms with E-state index in [1.165, 1.54) is 24.7 Å². The number of nitriles is 1. The highest BCUT2D eigenvalue weighted by Crippen LogP contribution is 2.25. The molecule has 0 radical (unpaired) electrons. The molecule has 1 amide bonds. The van der Waals surface area contributed by atoms with Crippen LogP contribution in [0.1, 0.15) is 16.1 Å². The molecule has 0 aromatic carbocycles. The number of carbonyl (C=O) groups excluding carboxylic acids is 1. The molecule has 0 aliphatic carbocycles. The summed E-state index contributed by atoms with van der Waals surface area (Å²) < 4.78 is 0. The molecule has 2 rings (SSSR count). The predicted octanol–water partition coefficient (Wildman–Crippen LogP) is 2.30. The number of carbonyl (C=O) groups is 1. The molecule has 0 fully saturated rings. The van der Waals surface area contributed by atoms with Crippen LogP contribution in [0.5, 0.6) is 0 Å². The Hall–Kier alpha value is -2.23. The molecule has 0 bridgehead atoms. The van der Waals surface area contributed by atoms with Gasteiger partial charge in [0.2, 0.25) is 0 Å². The second-order valence-electron chi connectivity index (χ2n) is 3.33. The van der Waals surface area contributed by atoms with Gasteiger partial charge in [0.05, 0.1) is 5.56 Å². The van der Waals surface area contributed by atoms with Crippen molar-refractivity contribution in [1.82, 2.24) is 15.0 Å². The standard InChI is InChI=1S/C11H5Cl2N5O/c12-9-8(10(13)17-5-16-9)18-11(19)7-2-1-6(3-14)4-15-7/h1-2,4-5H,(H,18,19). The zero-order valence-corrected chi connectivity index (χ0v) is 10.8. The zero-order valence-electron chi connectivity index (χ0n) is 9.26. The molecule has 0 aliphatic heterocycles. The van der Waals surface area contributed by atoms with Gasteiger partial charge in [0.25, 0.3) is 5.91 Å². The Morgan fingerprint density at radius 2 is 1.89 bits per heavy atom. The Morgan fingerprint density at radius 3 is 2.42 bits per heavy atom. The SMILES string of the molecule is N#Cc1ccc(C(=O)Nc2c(Cl)ncnc2Cl)nc1. The van der Waals surface area contributed by atoms with Gasteiger partial charge in [-0.15, -0.1) is 0 Å². The Bertz CT molecular complexity index is 646. The molecule has 0 saturated carbocycles. The number of pyridine rings is 1. The lowest BCUT2D eigenvalue weighted by atomic mass is 10.2. The maximum absolute atomic E-state index is 11.9. The molecule has 0 atom stereocenters. The summed E-state index contributed by atoms with van der Waals surface area (Å²) in [6.07, 6.45) is 2.47. The number of nitrogens with one attached hydrogen (secondary N) is 1. The summed E-state index contributed by atoms with van der Waals surface area (Å²) in [5, 5.41) is 11.2. The largest absolute Gasteiger partial charge is 0.315 e. The van der Waals surface area contributed by atoms with Crippen molar-refractivity contribution in [3.63, 3.8) is 0 Å². The quantitative estimate of drug-likeness (QED) is 0.858. The molecule has 2 aromatic heterocycles. The molecule has 1 N–H and O–H groups in total. The molecule has 6 nitrogen and oxygen atoms in total. The molecule has 0 unspecified atom stereocenters. The molecule has 19 heavy (non-hydrogen) atoms. The van der Waals surface area contributed by atoms with Crippen molar-refractivity contribution in [2.24, 2.45) is 0 Å². The summed E-state index contributed by atoms with van der Waals surface area (Å²) in [6.45, 7) is 0. The van der Waals surface area contributed by atoms with E-state index in [1.807, 2.05) is 6.07 Å². The van der Waals surface area contributed by atoms with Crippen LogP contribution < -0.4 is 5.32 Å². The topological polar surface area (TPSA) is 91.6 Å². The van der Waals surface area contributed by atoms with E-state index in [0.29, 0.717) is 5.56 Å². The van der Waals surface area contributed by atoms with Crippen LogP contribution >= 0.6 is 23.2 Å². The first-order valence-corrected chi connectivity index (χ1v) is 5.71. The van der Waals surface area contributed by atoms with Crippen LogP contribution in [0.2, 0.25) is 10.3 Å². The second-order valence-corrected chi connectivity index (χ2v) is 4.04. The monoisotopic (exact) mass is 293 g/mol. The van der Waals surface area contributed by atoms with Crippen LogP contribution in [-0.4, -0.2) is 20.9 Å². The molecule has 8 heteroatoms. The van der Waals surface area contributed by atoms with E-state index in [9.17, 15) is 4.79 Å². The Labute approximate surface area is 118 Å². The zero-order chi connectivity index (χ0) is 13.8. The molecule has 0 aliphatic rings. The minimum atomic E-state index is -0.525. The van der Waals surface area contributed by atoms with E-state index < -0.39 is 5.91 Å². The fraction of sp³-hybridized carbons (Fsp3) is 0. The Kier molecular flexibility index (Phi) is 3.90. The van der Waals surface area contributed by atoms with Crippen molar-refractivity contribution in [2.45, 2.75) is 0 Å². The van der Waals surface area contributed by atoms with Gasteiger partial charge in [0.15, 0.2) is 10.3 Å². The molecule has 2 heterocycles. The fourth-order valence-electron chi connectivity index (χ4n) is 1.22. The van der Waals surface area contributed by atoms with Crippen molar-refractivity contribution >= 4 is 34.8 Å². The third kappa shape index (κ3) is 2.96. The third-order valence-corrected chi connectivity index (χ3v) is 2.69. The highest BCUT2D eigenvalue weighted by molar-refractivity contribution is 6.38. The van der Waals surface area contributed by atoms with E-state index in [-0.39, 0.29) is 21.7 Å². The number of rotatable bonds is 2. The van der Waals surface area contributed by atoms with Gasteiger partial charge in [-0.25, -0.2) is 15.0 Å². The highest BCUT2D eigenvalue weighted by Gasteiger charge is 2.14. The molecule has 2 aromatic rings. The van der Waals surface area contributed by atoms with Gasteiger partial charge in [-0.3, -0.25) is 4.79 Å². The first-order valence-electron chi connectivity index (χ1n) is 4.95. The van der Waals surface area contributed by atoms with Crippen molar-refractivity contribution in [3.8, 4) is 6.07 Å². The lowest BCUT2D eigenvalue weighted by Crippen LogP contribution is -2.14. The smallest absolute Gasteiger partial charge is 0.274 e. The third-order valence-electron chi connectivity index (χ3n) is 2.12. The van der Waals surface area contributed by atoms with Crippen LogP contribution in [0, 0.1) is 11.3 Å². The number of aromatic nitrogens is 3. The first-order chi connectivity index (χ1) is 9.11.